The third kappa shape index (κ3) is 4.48. The van der Waals surface area contributed by atoms with Gasteiger partial charge in [0.05, 0.1) is 0 Å². The predicted octanol–water partition coefficient (Wildman–Crippen LogP) is 4.06. The minimum atomic E-state index is 0.0940. The molecule has 0 N–H and O–H groups in total. The summed E-state index contributed by atoms with van der Waals surface area (Å²) in [5, 5.41) is 0. The van der Waals surface area contributed by atoms with Gasteiger partial charge in [0, 0.05) is 30.6 Å². The molecule has 1 unspecified atom stereocenters. The number of carbonyl (C=O) groups is 1. The molecule has 0 amide bonds. The maximum absolute atomic E-state index is 12.2. The fraction of sp³-hybridized carbons (Fsp3) is 0.706. The fourth-order valence-electron chi connectivity index (χ4n) is 2.43. The van der Waals surface area contributed by atoms with E-state index in [-0.39, 0.29) is 12.4 Å². The lowest BCUT2D eigenvalue weighted by Crippen LogP contribution is -2.15. The van der Waals surface area contributed by atoms with Crippen LogP contribution in [0.25, 0.3) is 0 Å². The average molecular weight is 279 g/mol. The molecule has 3 heteroatoms. The normalized spacial score (nSPS) is 12.7. The Morgan fingerprint density at radius 1 is 1.35 bits per heavy atom. The Morgan fingerprint density at radius 3 is 2.55 bits per heavy atom. The van der Waals surface area contributed by atoms with E-state index in [4.69, 9.17) is 4.74 Å². The van der Waals surface area contributed by atoms with Crippen molar-refractivity contribution >= 4 is 5.78 Å². The summed E-state index contributed by atoms with van der Waals surface area (Å²) in [5.74, 6) is 0.679. The van der Waals surface area contributed by atoms with E-state index in [0.29, 0.717) is 12.5 Å². The topological polar surface area (TPSA) is 31.2 Å². The molecular formula is C17H29NO2. The molecule has 0 aromatic carbocycles. The number of aryl methyl sites for hydroxylation is 1. The monoisotopic (exact) mass is 279 g/mol. The van der Waals surface area contributed by atoms with Crippen LogP contribution >= 0.6 is 0 Å². The van der Waals surface area contributed by atoms with E-state index >= 15 is 0 Å². The lowest BCUT2D eigenvalue weighted by molar-refractivity contribution is 0.0658. The lowest BCUT2D eigenvalue weighted by Gasteiger charge is -2.14. The van der Waals surface area contributed by atoms with Gasteiger partial charge in [0.25, 0.3) is 0 Å². The van der Waals surface area contributed by atoms with Crippen molar-refractivity contribution < 1.29 is 9.53 Å². The number of nitrogens with zero attached hydrogens (tertiary/aromatic N) is 1. The van der Waals surface area contributed by atoms with Gasteiger partial charge in [0.15, 0.2) is 5.78 Å². The van der Waals surface area contributed by atoms with Gasteiger partial charge in [-0.2, -0.15) is 0 Å². The van der Waals surface area contributed by atoms with E-state index in [1.54, 1.807) is 0 Å². The molecule has 20 heavy (non-hydrogen) atoms. The largest absolute Gasteiger partial charge is 0.373 e. The summed E-state index contributed by atoms with van der Waals surface area (Å²) in [5.41, 5.74) is 2.93. The molecule has 0 aliphatic rings. The van der Waals surface area contributed by atoms with Crippen molar-refractivity contribution in [1.82, 2.24) is 4.57 Å². The van der Waals surface area contributed by atoms with Gasteiger partial charge in [0.1, 0.15) is 6.61 Å². The zero-order chi connectivity index (χ0) is 15.1. The highest BCUT2D eigenvalue weighted by atomic mass is 16.5. The molecule has 0 radical (unpaired) electrons. The summed E-state index contributed by atoms with van der Waals surface area (Å²) in [6, 6.07) is 1.95. The summed E-state index contributed by atoms with van der Waals surface area (Å²) >= 11 is 0. The Hall–Kier alpha value is -1.09. The standard InChI is InChI=1S/C17H29NO2/c1-6-8-9-15(7-2)11-20-12-17(19)16-10-13(3)18(5)14(16)4/h10,15H,6-9,11-12H2,1-5H3. The number of rotatable bonds is 9. The van der Waals surface area contributed by atoms with Crippen molar-refractivity contribution in [3.8, 4) is 0 Å². The van der Waals surface area contributed by atoms with E-state index in [1.165, 1.54) is 19.3 Å². The smallest absolute Gasteiger partial charge is 0.190 e. The first-order valence-corrected chi connectivity index (χ1v) is 7.75. The number of ketones is 1. The van der Waals surface area contributed by atoms with Gasteiger partial charge < -0.3 is 9.30 Å². The summed E-state index contributed by atoms with van der Waals surface area (Å²) in [7, 11) is 1.99. The van der Waals surface area contributed by atoms with Crippen LogP contribution < -0.4 is 0 Å². The molecule has 1 aromatic rings. The molecule has 0 bridgehead atoms. The zero-order valence-electron chi connectivity index (χ0n) is 13.7. The molecular weight excluding hydrogens is 250 g/mol. The van der Waals surface area contributed by atoms with Gasteiger partial charge in [-0.05, 0) is 32.3 Å². The molecule has 0 aliphatic heterocycles. The van der Waals surface area contributed by atoms with Crippen LogP contribution in [0.3, 0.4) is 0 Å². The van der Waals surface area contributed by atoms with Gasteiger partial charge in [-0.1, -0.05) is 33.1 Å². The molecule has 0 aliphatic carbocycles. The summed E-state index contributed by atoms with van der Waals surface area (Å²) in [6.45, 7) is 9.30. The Bertz CT molecular complexity index is 434. The highest BCUT2D eigenvalue weighted by Crippen LogP contribution is 2.15. The molecule has 114 valence electrons. The van der Waals surface area contributed by atoms with E-state index in [9.17, 15) is 4.79 Å². The maximum atomic E-state index is 12.2. The van der Waals surface area contributed by atoms with Crippen LogP contribution in [0.4, 0.5) is 0 Å². The number of unbranched alkanes of at least 4 members (excludes halogenated alkanes) is 1. The lowest BCUT2D eigenvalue weighted by atomic mass is 10.0. The van der Waals surface area contributed by atoms with Crippen molar-refractivity contribution in [3.05, 3.63) is 23.0 Å². The zero-order valence-corrected chi connectivity index (χ0v) is 13.7. The second-order valence-electron chi connectivity index (χ2n) is 5.70. The van der Waals surface area contributed by atoms with E-state index in [2.05, 4.69) is 13.8 Å². The first kappa shape index (κ1) is 17.0. The SMILES string of the molecule is CCCCC(CC)COCC(=O)c1cc(C)n(C)c1C. The van der Waals surface area contributed by atoms with Gasteiger partial charge >= 0.3 is 0 Å². The van der Waals surface area contributed by atoms with Crippen LogP contribution in [0, 0.1) is 19.8 Å². The first-order chi connectivity index (χ1) is 9.51. The van der Waals surface area contributed by atoms with Gasteiger partial charge in [0.2, 0.25) is 0 Å². The Morgan fingerprint density at radius 2 is 2.05 bits per heavy atom. The van der Waals surface area contributed by atoms with Crippen LogP contribution in [0.15, 0.2) is 6.07 Å². The van der Waals surface area contributed by atoms with Crippen molar-refractivity contribution in [2.24, 2.45) is 13.0 Å². The predicted molar refractivity (Wildman–Crippen MR) is 83.3 cm³/mol. The number of Topliss-reactive ketones (excluding diaryl/α,β-unsaturated/α-hetero) is 1. The summed E-state index contributed by atoms with van der Waals surface area (Å²) < 4.78 is 7.69. The number of ether oxygens (including phenoxy) is 1. The quantitative estimate of drug-likeness (QED) is 0.638. The molecule has 1 heterocycles. The molecule has 0 saturated heterocycles. The summed E-state index contributed by atoms with van der Waals surface area (Å²) in [6.07, 6.45) is 4.78. The van der Waals surface area contributed by atoms with Gasteiger partial charge in [-0.15, -0.1) is 0 Å². The maximum Gasteiger partial charge on any atom is 0.190 e. The molecule has 0 fully saturated rings. The Labute approximate surface area is 123 Å². The fourth-order valence-corrected chi connectivity index (χ4v) is 2.43. The summed E-state index contributed by atoms with van der Waals surface area (Å²) in [4.78, 5) is 12.2. The number of hydrogen-bond acceptors (Lipinski definition) is 2. The van der Waals surface area contributed by atoms with Crippen molar-refractivity contribution in [2.45, 2.75) is 53.4 Å². The highest BCUT2D eigenvalue weighted by Gasteiger charge is 2.15. The Balaban J connectivity index is 2.45. The second-order valence-corrected chi connectivity index (χ2v) is 5.70. The number of carbonyl (C=O) groups excluding carboxylic acids is 1. The molecule has 0 spiro atoms. The van der Waals surface area contributed by atoms with Crippen molar-refractivity contribution in [2.75, 3.05) is 13.2 Å². The highest BCUT2D eigenvalue weighted by molar-refractivity contribution is 5.98. The third-order valence-corrected chi connectivity index (χ3v) is 4.21. The average Bonchev–Trinajstić information content (AvgIpc) is 2.70. The molecule has 3 nitrogen and oxygen atoms in total. The molecule has 1 aromatic heterocycles. The molecule has 1 rings (SSSR count). The molecule has 0 saturated carbocycles. The van der Waals surface area contributed by atoms with Crippen LogP contribution in [0.1, 0.15) is 61.3 Å². The minimum Gasteiger partial charge on any atom is -0.373 e. The van der Waals surface area contributed by atoms with Crippen LogP contribution in [-0.4, -0.2) is 23.6 Å². The van der Waals surface area contributed by atoms with Crippen LogP contribution in [0.2, 0.25) is 0 Å². The van der Waals surface area contributed by atoms with Crippen molar-refractivity contribution in [1.29, 1.82) is 0 Å². The van der Waals surface area contributed by atoms with E-state index in [0.717, 1.165) is 23.4 Å². The Kier molecular flexibility index (Phi) is 7.00. The minimum absolute atomic E-state index is 0.0940. The van der Waals surface area contributed by atoms with Gasteiger partial charge in [-0.25, -0.2) is 0 Å². The van der Waals surface area contributed by atoms with Crippen LogP contribution in [0.5, 0.6) is 0 Å². The van der Waals surface area contributed by atoms with Crippen LogP contribution in [-0.2, 0) is 11.8 Å². The van der Waals surface area contributed by atoms with E-state index in [1.807, 2.05) is 31.5 Å². The number of aromatic nitrogens is 1. The van der Waals surface area contributed by atoms with Crippen molar-refractivity contribution in [3.63, 3.8) is 0 Å². The third-order valence-electron chi connectivity index (χ3n) is 4.21. The second kappa shape index (κ2) is 8.25. The van der Waals surface area contributed by atoms with Gasteiger partial charge in [-0.3, -0.25) is 4.79 Å². The number of hydrogen-bond donors (Lipinski definition) is 0. The molecule has 1 atom stereocenters. The van der Waals surface area contributed by atoms with E-state index < -0.39 is 0 Å². The first-order valence-electron chi connectivity index (χ1n) is 7.75.